The summed E-state index contributed by atoms with van der Waals surface area (Å²) in [6.07, 6.45) is 0.856. The summed E-state index contributed by atoms with van der Waals surface area (Å²) in [7, 11) is 0. The Labute approximate surface area is 311 Å². The van der Waals surface area contributed by atoms with Crippen LogP contribution in [0, 0.1) is 17.8 Å². The van der Waals surface area contributed by atoms with Gasteiger partial charge in [0, 0.05) is 13.3 Å². The SMILES string of the molecule is CC[C@@H](C)[C@H](NC(=O)[C@H](CCC(N)=O)NC(=O)[C@@H](NC(C)=O)C(C)C)C(=O)N[C@H](C(=O)N[C@@H](CC(N)=O)C(=O)N[C@@H](CCCCN)C(N)=O)[C@@H](C)CC. The van der Waals surface area contributed by atoms with E-state index in [4.69, 9.17) is 22.9 Å². The van der Waals surface area contributed by atoms with Crippen molar-refractivity contribution in [3.63, 3.8) is 0 Å². The first-order chi connectivity index (χ1) is 24.7. The van der Waals surface area contributed by atoms with Crippen molar-refractivity contribution in [3.8, 4) is 0 Å². The predicted molar refractivity (Wildman–Crippen MR) is 195 cm³/mol. The van der Waals surface area contributed by atoms with Crippen LogP contribution in [0.25, 0.3) is 0 Å². The lowest BCUT2D eigenvalue weighted by Crippen LogP contribution is -2.62. The van der Waals surface area contributed by atoms with Crippen molar-refractivity contribution in [2.45, 2.75) is 136 Å². The molecule has 302 valence electrons. The summed E-state index contributed by atoms with van der Waals surface area (Å²) in [6, 6.07) is -7.48. The highest BCUT2D eigenvalue weighted by atomic mass is 16.2. The third kappa shape index (κ3) is 18.0. The molecule has 19 heteroatoms. The van der Waals surface area contributed by atoms with Gasteiger partial charge in [0.15, 0.2) is 0 Å². The van der Waals surface area contributed by atoms with Crippen LogP contribution in [0.4, 0.5) is 0 Å². The van der Waals surface area contributed by atoms with Crippen molar-refractivity contribution in [1.82, 2.24) is 31.9 Å². The fraction of sp³-hybridized carbons (Fsp3) is 0.735. The number of hydrogen-bond donors (Lipinski definition) is 10. The van der Waals surface area contributed by atoms with E-state index in [9.17, 15) is 43.2 Å². The number of unbranched alkanes of at least 4 members (excludes halogenated alkanes) is 1. The van der Waals surface area contributed by atoms with Crippen LogP contribution in [0.3, 0.4) is 0 Å². The molecule has 0 spiro atoms. The van der Waals surface area contributed by atoms with E-state index >= 15 is 0 Å². The molecule has 53 heavy (non-hydrogen) atoms. The molecule has 0 saturated heterocycles. The quantitative estimate of drug-likeness (QED) is 0.0411. The van der Waals surface area contributed by atoms with Crippen molar-refractivity contribution < 1.29 is 43.2 Å². The zero-order chi connectivity index (χ0) is 41.0. The van der Waals surface area contributed by atoms with Crippen LogP contribution in [0.2, 0.25) is 0 Å². The summed E-state index contributed by atoms with van der Waals surface area (Å²) in [5.74, 6) is -8.37. The molecule has 0 aromatic carbocycles. The molecule has 0 bridgehead atoms. The number of hydrogen-bond acceptors (Lipinski definition) is 10. The first kappa shape index (κ1) is 48.2. The average Bonchev–Trinajstić information content (AvgIpc) is 3.07. The van der Waals surface area contributed by atoms with E-state index in [-0.39, 0.29) is 25.2 Å². The van der Waals surface area contributed by atoms with Gasteiger partial charge >= 0.3 is 0 Å². The highest BCUT2D eigenvalue weighted by Crippen LogP contribution is 2.14. The van der Waals surface area contributed by atoms with Gasteiger partial charge in [0.25, 0.3) is 0 Å². The van der Waals surface area contributed by atoms with E-state index in [2.05, 4.69) is 31.9 Å². The zero-order valence-corrected chi connectivity index (χ0v) is 32.0. The summed E-state index contributed by atoms with van der Waals surface area (Å²) < 4.78 is 0. The Balaban J connectivity index is 6.34. The fourth-order valence-electron chi connectivity index (χ4n) is 5.19. The van der Waals surface area contributed by atoms with Gasteiger partial charge in [0.05, 0.1) is 6.42 Å². The van der Waals surface area contributed by atoms with Crippen LogP contribution in [0.5, 0.6) is 0 Å². The summed E-state index contributed by atoms with van der Waals surface area (Å²) in [5, 5.41) is 15.3. The maximum atomic E-state index is 13.9. The first-order valence-electron chi connectivity index (χ1n) is 18.0. The standard InChI is InChI=1S/C34H62N10O9/c1-8-18(5)27(33(52)42-23(16-25(37)47)31(50)40-21(29(38)48)12-10-11-15-35)44-34(53)28(19(6)9-2)43-30(49)22(13-14-24(36)46)41-32(51)26(17(3)4)39-20(7)45/h17-19,21-23,26-28H,8-16,35H2,1-7H3,(H2,36,46)(H2,37,47)(H2,38,48)(H,39,45)(H,40,50)(H,41,51)(H,42,52)(H,43,49)(H,44,53)/t18-,19+,21-,22-,23-,26-,27-,28-/m0/s1. The van der Waals surface area contributed by atoms with Gasteiger partial charge in [-0.25, -0.2) is 0 Å². The highest BCUT2D eigenvalue weighted by Gasteiger charge is 2.36. The van der Waals surface area contributed by atoms with E-state index in [0.717, 1.165) is 0 Å². The summed E-state index contributed by atoms with van der Waals surface area (Å²) >= 11 is 0. The van der Waals surface area contributed by atoms with Crippen molar-refractivity contribution in [2.75, 3.05) is 6.54 Å². The van der Waals surface area contributed by atoms with E-state index in [1.54, 1.807) is 41.5 Å². The second-order valence-corrected chi connectivity index (χ2v) is 13.7. The lowest BCUT2D eigenvalue weighted by molar-refractivity contribution is -0.137. The van der Waals surface area contributed by atoms with Crippen LogP contribution in [-0.4, -0.2) is 96.0 Å². The van der Waals surface area contributed by atoms with Gasteiger partial charge in [0.2, 0.25) is 53.2 Å². The number of amides is 9. The number of carbonyl (C=O) groups is 9. The van der Waals surface area contributed by atoms with Gasteiger partial charge < -0.3 is 54.8 Å². The monoisotopic (exact) mass is 754 g/mol. The first-order valence-corrected chi connectivity index (χ1v) is 18.0. The molecule has 0 unspecified atom stereocenters. The number of nitrogens with two attached hydrogens (primary N) is 4. The predicted octanol–water partition coefficient (Wildman–Crippen LogP) is -2.58. The molecular formula is C34H62N10O9. The summed E-state index contributed by atoms with van der Waals surface area (Å²) in [5.41, 5.74) is 21.6. The Morgan fingerprint density at radius 1 is 0.528 bits per heavy atom. The Hall–Kier alpha value is -4.81. The molecule has 0 heterocycles. The summed E-state index contributed by atoms with van der Waals surface area (Å²) in [6.45, 7) is 11.9. The van der Waals surface area contributed by atoms with Gasteiger partial charge in [-0.05, 0) is 50.0 Å². The topological polar surface area (TPSA) is 330 Å². The minimum Gasteiger partial charge on any atom is -0.370 e. The Morgan fingerprint density at radius 2 is 0.981 bits per heavy atom. The molecule has 0 aromatic rings. The Morgan fingerprint density at radius 3 is 1.42 bits per heavy atom. The molecular weight excluding hydrogens is 692 g/mol. The largest absolute Gasteiger partial charge is 0.370 e. The minimum absolute atomic E-state index is 0.171. The van der Waals surface area contributed by atoms with E-state index in [1.807, 2.05) is 0 Å². The third-order valence-corrected chi connectivity index (χ3v) is 8.85. The van der Waals surface area contributed by atoms with Crippen LogP contribution in [0.15, 0.2) is 0 Å². The third-order valence-electron chi connectivity index (χ3n) is 8.85. The number of carbonyl (C=O) groups excluding carboxylic acids is 9. The minimum atomic E-state index is -1.52. The second-order valence-electron chi connectivity index (χ2n) is 13.7. The average molecular weight is 755 g/mol. The van der Waals surface area contributed by atoms with Gasteiger partial charge in [-0.3, -0.25) is 43.2 Å². The molecule has 9 amide bonds. The highest BCUT2D eigenvalue weighted by molar-refractivity contribution is 5.98. The van der Waals surface area contributed by atoms with Crippen LogP contribution < -0.4 is 54.8 Å². The normalized spacial score (nSPS) is 15.6. The molecule has 0 aliphatic carbocycles. The molecule has 0 aromatic heterocycles. The Kier molecular flexibility index (Phi) is 22.2. The number of nitrogens with one attached hydrogen (secondary N) is 6. The van der Waals surface area contributed by atoms with Crippen molar-refractivity contribution >= 4 is 53.2 Å². The molecule has 0 aliphatic heterocycles. The molecule has 0 rings (SSSR count). The van der Waals surface area contributed by atoms with E-state index < -0.39 is 108 Å². The van der Waals surface area contributed by atoms with Gasteiger partial charge in [0.1, 0.15) is 36.3 Å². The fourth-order valence-corrected chi connectivity index (χ4v) is 5.19. The van der Waals surface area contributed by atoms with Crippen molar-refractivity contribution in [3.05, 3.63) is 0 Å². The zero-order valence-electron chi connectivity index (χ0n) is 32.0. The molecule has 0 fully saturated rings. The lowest BCUT2D eigenvalue weighted by atomic mass is 9.94. The molecule has 0 aliphatic rings. The molecule has 0 radical (unpaired) electrons. The van der Waals surface area contributed by atoms with Crippen molar-refractivity contribution in [2.24, 2.45) is 40.7 Å². The Bertz CT molecular complexity index is 1300. The van der Waals surface area contributed by atoms with E-state index in [1.165, 1.54) is 6.92 Å². The summed E-state index contributed by atoms with van der Waals surface area (Å²) in [4.78, 5) is 115. The lowest BCUT2D eigenvalue weighted by Gasteiger charge is -2.31. The maximum Gasteiger partial charge on any atom is 0.243 e. The maximum absolute atomic E-state index is 13.9. The van der Waals surface area contributed by atoms with Crippen molar-refractivity contribution in [1.29, 1.82) is 0 Å². The second kappa shape index (κ2) is 24.4. The molecule has 8 atom stereocenters. The van der Waals surface area contributed by atoms with Gasteiger partial charge in [-0.15, -0.1) is 0 Å². The van der Waals surface area contributed by atoms with Crippen LogP contribution >= 0.6 is 0 Å². The van der Waals surface area contributed by atoms with Crippen LogP contribution in [-0.2, 0) is 43.2 Å². The molecule has 0 saturated carbocycles. The molecule has 19 nitrogen and oxygen atoms in total. The van der Waals surface area contributed by atoms with Gasteiger partial charge in [-0.1, -0.05) is 54.4 Å². The van der Waals surface area contributed by atoms with E-state index in [0.29, 0.717) is 32.2 Å². The van der Waals surface area contributed by atoms with Crippen LogP contribution in [0.1, 0.15) is 99.8 Å². The van der Waals surface area contributed by atoms with Gasteiger partial charge in [-0.2, -0.15) is 0 Å². The number of primary amides is 3. The number of rotatable bonds is 26. The molecule has 14 N–H and O–H groups in total. The smallest absolute Gasteiger partial charge is 0.243 e.